The molecule has 0 saturated heterocycles. The van der Waals surface area contributed by atoms with Gasteiger partial charge in [0.2, 0.25) is 5.13 Å². The Hall–Kier alpha value is -7.05. The summed E-state index contributed by atoms with van der Waals surface area (Å²) in [6.07, 6.45) is 8.75. The molecule has 12 heteroatoms. The first-order valence-electron chi connectivity index (χ1n) is 18.4. The molecule has 0 aliphatic rings. The fourth-order valence-corrected chi connectivity index (χ4v) is 6.59. The molecule has 0 aliphatic carbocycles. The highest BCUT2D eigenvalue weighted by Crippen LogP contribution is 2.31. The Bertz CT molecular complexity index is 2490. The van der Waals surface area contributed by atoms with E-state index >= 15 is 0 Å². The molecule has 6 rings (SSSR count). The molecule has 0 unspecified atom stereocenters. The quantitative estimate of drug-likeness (QED) is 0.0158. The minimum atomic E-state index is -0.593. The minimum absolute atomic E-state index is 0.214. The standard InChI is InChI=1S/C46H41N3O8S/c1-5-7-23-49(46-48-38-11-8-9-12-42(38)58-46)47-30-36-26-31(3)13-20-39(36)56-44(51)22-15-32-14-21-40(41(27-32)53-4)57-45(52)35-17-16-34-29-37(19-18-33(34)28-35)54-24-10-25-55-43(50)6-2/h5-6,8-9,11-22,26-30H,1-2,7,10,23-25H2,3-4H3/b22-15+,47-30+. The maximum absolute atomic E-state index is 13.2. The Morgan fingerprint density at radius 3 is 2.47 bits per heavy atom. The van der Waals surface area contributed by atoms with Gasteiger partial charge in [-0.05, 0) is 96.4 Å². The summed E-state index contributed by atoms with van der Waals surface area (Å²) in [4.78, 5) is 42.2. The summed E-state index contributed by atoms with van der Waals surface area (Å²) in [5.41, 5.74) is 3.47. The number of aryl methyl sites for hydroxylation is 1. The largest absolute Gasteiger partial charge is 0.493 e. The van der Waals surface area contributed by atoms with Gasteiger partial charge in [-0.1, -0.05) is 66.0 Å². The van der Waals surface area contributed by atoms with E-state index in [9.17, 15) is 14.4 Å². The van der Waals surface area contributed by atoms with Crippen LogP contribution < -0.4 is 24.0 Å². The topological polar surface area (TPSA) is 126 Å². The molecule has 1 aromatic heterocycles. The Morgan fingerprint density at radius 2 is 1.66 bits per heavy atom. The SMILES string of the molecule is C=CCCN(/N=C/c1cc(C)ccc1OC(=O)/C=C/c1ccc(OC(=O)c2ccc3cc(OCCCOC(=O)C=C)ccc3c2)c(OC)c1)c1nc2ccccc2s1. The number of esters is 3. The van der Waals surface area contributed by atoms with E-state index in [0.717, 1.165) is 37.8 Å². The van der Waals surface area contributed by atoms with Crippen molar-refractivity contribution >= 4 is 67.7 Å². The number of carbonyl (C=O) groups is 3. The molecule has 5 aromatic carbocycles. The van der Waals surface area contributed by atoms with E-state index in [-0.39, 0.29) is 12.4 Å². The maximum Gasteiger partial charge on any atom is 0.343 e. The number of rotatable bonds is 18. The normalized spacial score (nSPS) is 11.1. The van der Waals surface area contributed by atoms with Crippen molar-refractivity contribution in [1.29, 1.82) is 0 Å². The number of fused-ring (bicyclic) bond motifs is 2. The number of aromatic nitrogens is 1. The van der Waals surface area contributed by atoms with E-state index < -0.39 is 17.9 Å². The Balaban J connectivity index is 1.08. The number of nitrogens with zero attached hydrogens (tertiary/aromatic N) is 3. The van der Waals surface area contributed by atoms with Crippen LogP contribution in [0.25, 0.3) is 27.1 Å². The van der Waals surface area contributed by atoms with Gasteiger partial charge in [-0.2, -0.15) is 5.10 Å². The summed E-state index contributed by atoms with van der Waals surface area (Å²) >= 11 is 1.55. The monoisotopic (exact) mass is 795 g/mol. The summed E-state index contributed by atoms with van der Waals surface area (Å²) in [6.45, 7) is 10.3. The van der Waals surface area contributed by atoms with Gasteiger partial charge in [0.05, 0.1) is 42.3 Å². The molecular formula is C46H41N3O8S. The molecular weight excluding hydrogens is 755 g/mol. The van der Waals surface area contributed by atoms with Gasteiger partial charge in [0.15, 0.2) is 11.5 Å². The second-order valence-electron chi connectivity index (χ2n) is 12.8. The molecule has 0 amide bonds. The number of ether oxygens (including phenoxy) is 5. The number of methoxy groups -OCH3 is 1. The first kappa shape index (κ1) is 40.6. The second kappa shape index (κ2) is 19.7. The van der Waals surface area contributed by atoms with Gasteiger partial charge in [0.1, 0.15) is 11.5 Å². The lowest BCUT2D eigenvalue weighted by atomic mass is 10.1. The number of carbonyl (C=O) groups excluding carboxylic acids is 3. The number of hydrogen-bond acceptors (Lipinski definition) is 12. The van der Waals surface area contributed by atoms with Gasteiger partial charge in [-0.15, -0.1) is 6.58 Å². The van der Waals surface area contributed by atoms with E-state index in [1.165, 1.54) is 13.2 Å². The zero-order chi connectivity index (χ0) is 40.9. The molecule has 0 saturated carbocycles. The molecule has 58 heavy (non-hydrogen) atoms. The maximum atomic E-state index is 13.2. The molecule has 1 heterocycles. The molecule has 6 aromatic rings. The van der Waals surface area contributed by atoms with E-state index in [1.54, 1.807) is 66.1 Å². The molecule has 0 fully saturated rings. The first-order chi connectivity index (χ1) is 28.2. The third-order valence-electron chi connectivity index (χ3n) is 8.58. The van der Waals surface area contributed by atoms with Gasteiger partial charge < -0.3 is 23.7 Å². The van der Waals surface area contributed by atoms with Crippen LogP contribution in [0, 0.1) is 6.92 Å². The Labute approximate surface area is 340 Å². The number of thiazole rings is 1. The molecule has 294 valence electrons. The van der Waals surface area contributed by atoms with Crippen LogP contribution in [-0.2, 0) is 14.3 Å². The summed E-state index contributed by atoms with van der Waals surface area (Å²) in [7, 11) is 1.47. The number of hydrogen-bond donors (Lipinski definition) is 0. The molecule has 0 spiro atoms. The number of benzene rings is 5. The third-order valence-corrected chi connectivity index (χ3v) is 9.63. The van der Waals surface area contributed by atoms with Crippen molar-refractivity contribution in [3.63, 3.8) is 0 Å². The van der Waals surface area contributed by atoms with Gasteiger partial charge in [0, 0.05) is 30.7 Å². The second-order valence-corrected chi connectivity index (χ2v) is 13.8. The van der Waals surface area contributed by atoms with Crippen LogP contribution in [0.3, 0.4) is 0 Å². The predicted molar refractivity (Wildman–Crippen MR) is 228 cm³/mol. The van der Waals surface area contributed by atoms with Crippen molar-refractivity contribution in [2.45, 2.75) is 19.8 Å². The molecule has 11 nitrogen and oxygen atoms in total. The van der Waals surface area contributed by atoms with Crippen molar-refractivity contribution in [3.8, 4) is 23.0 Å². The zero-order valence-electron chi connectivity index (χ0n) is 32.1. The van der Waals surface area contributed by atoms with Gasteiger partial charge in [-0.3, -0.25) is 0 Å². The van der Waals surface area contributed by atoms with Crippen molar-refractivity contribution in [2.24, 2.45) is 5.10 Å². The first-order valence-corrected chi connectivity index (χ1v) is 19.2. The van der Waals surface area contributed by atoms with Crippen molar-refractivity contribution in [1.82, 2.24) is 4.98 Å². The smallest absolute Gasteiger partial charge is 0.343 e. The average molecular weight is 796 g/mol. The van der Waals surface area contributed by atoms with Gasteiger partial charge >= 0.3 is 17.9 Å². The van der Waals surface area contributed by atoms with Crippen LogP contribution in [-0.4, -0.2) is 56.0 Å². The van der Waals surface area contributed by atoms with E-state index in [4.69, 9.17) is 33.8 Å². The third kappa shape index (κ3) is 10.8. The average Bonchev–Trinajstić information content (AvgIpc) is 3.68. The summed E-state index contributed by atoms with van der Waals surface area (Å²) in [5, 5.41) is 9.00. The molecule has 0 bridgehead atoms. The lowest BCUT2D eigenvalue weighted by Crippen LogP contribution is -2.17. The molecule has 0 N–H and O–H groups in total. The van der Waals surface area contributed by atoms with Crippen LogP contribution in [0.1, 0.15) is 39.9 Å². The van der Waals surface area contributed by atoms with Crippen molar-refractivity contribution in [3.05, 3.63) is 151 Å². The zero-order valence-corrected chi connectivity index (χ0v) is 32.9. The van der Waals surface area contributed by atoms with Gasteiger partial charge in [0.25, 0.3) is 0 Å². The molecule has 0 radical (unpaired) electrons. The highest BCUT2D eigenvalue weighted by molar-refractivity contribution is 7.22. The fourth-order valence-electron chi connectivity index (χ4n) is 5.64. The number of hydrazone groups is 1. The van der Waals surface area contributed by atoms with Crippen LogP contribution in [0.4, 0.5) is 5.13 Å². The van der Waals surface area contributed by atoms with Crippen molar-refractivity contribution < 1.29 is 38.1 Å². The lowest BCUT2D eigenvalue weighted by molar-refractivity contribution is -0.138. The lowest BCUT2D eigenvalue weighted by Gasteiger charge is -2.15. The van der Waals surface area contributed by atoms with E-state index in [2.05, 4.69) is 13.2 Å². The summed E-state index contributed by atoms with van der Waals surface area (Å²) in [5.74, 6) is -0.114. The van der Waals surface area contributed by atoms with Gasteiger partial charge in [-0.25, -0.2) is 24.4 Å². The van der Waals surface area contributed by atoms with Crippen molar-refractivity contribution in [2.75, 3.05) is 31.9 Å². The van der Waals surface area contributed by atoms with E-state index in [0.29, 0.717) is 59.9 Å². The number of para-hydroxylation sites is 1. The fraction of sp³-hybridized carbons (Fsp3) is 0.152. The van der Waals surface area contributed by atoms with Crippen LogP contribution in [0.5, 0.6) is 23.0 Å². The predicted octanol–water partition coefficient (Wildman–Crippen LogP) is 9.52. The van der Waals surface area contributed by atoms with Crippen LogP contribution in [0.15, 0.2) is 134 Å². The minimum Gasteiger partial charge on any atom is -0.493 e. The Morgan fingerprint density at radius 1 is 0.845 bits per heavy atom. The molecule has 0 aliphatic heterocycles. The highest BCUT2D eigenvalue weighted by atomic mass is 32.1. The Kier molecular flexibility index (Phi) is 13.8. The van der Waals surface area contributed by atoms with E-state index in [1.807, 2.05) is 72.6 Å². The highest BCUT2D eigenvalue weighted by Gasteiger charge is 2.15. The van der Waals surface area contributed by atoms with Crippen LogP contribution >= 0.6 is 11.3 Å². The summed E-state index contributed by atoms with van der Waals surface area (Å²) < 4.78 is 28.8. The number of anilines is 1. The summed E-state index contributed by atoms with van der Waals surface area (Å²) in [6, 6.07) is 29.1. The molecule has 0 atom stereocenters. The van der Waals surface area contributed by atoms with Crippen LogP contribution in [0.2, 0.25) is 0 Å².